The van der Waals surface area contributed by atoms with Crippen molar-refractivity contribution in [2.24, 2.45) is 0 Å². The van der Waals surface area contributed by atoms with E-state index >= 15 is 0 Å². The number of nitrogens with zero attached hydrogens (tertiary/aromatic N) is 3. The van der Waals surface area contributed by atoms with Crippen molar-refractivity contribution in [2.45, 2.75) is 25.2 Å². The van der Waals surface area contributed by atoms with Crippen LogP contribution in [0.25, 0.3) is 11.0 Å². The highest BCUT2D eigenvalue weighted by Gasteiger charge is 2.26. The molecule has 0 unspecified atom stereocenters. The normalized spacial score (nSPS) is 11.7. The number of sulfonamides is 1. The highest BCUT2D eigenvalue weighted by molar-refractivity contribution is 7.93. The number of anilines is 1. The maximum Gasteiger partial charge on any atom is 0.266 e. The summed E-state index contributed by atoms with van der Waals surface area (Å²) < 4.78 is 35.9. The average molecular weight is 347 g/mol. The fraction of sp³-hybridized carbons (Fsp3) is 0.250. The lowest BCUT2D eigenvalue weighted by Crippen LogP contribution is -2.30. The Morgan fingerprint density at radius 3 is 2.43 bits per heavy atom. The summed E-state index contributed by atoms with van der Waals surface area (Å²) in [6.45, 7) is 4.24. The number of hydrogen-bond acceptors (Lipinski definition) is 5. The van der Waals surface area contributed by atoms with Gasteiger partial charge in [0.2, 0.25) is 0 Å². The summed E-state index contributed by atoms with van der Waals surface area (Å²) in [4.78, 5) is 0.199. The van der Waals surface area contributed by atoms with E-state index in [0.29, 0.717) is 23.3 Å². The van der Waals surface area contributed by atoms with Crippen molar-refractivity contribution in [1.29, 1.82) is 0 Å². The highest BCUT2D eigenvalue weighted by Crippen LogP contribution is 2.28. The lowest BCUT2D eigenvalue weighted by molar-refractivity contribution is 0.592. The molecule has 0 amide bonds. The molecule has 0 bridgehead atoms. The molecule has 5 nitrogen and oxygen atoms in total. The third kappa shape index (κ3) is 2.82. The van der Waals surface area contributed by atoms with Crippen molar-refractivity contribution in [3.8, 4) is 0 Å². The molecule has 2 aromatic carbocycles. The second-order valence-electron chi connectivity index (χ2n) is 5.08. The largest absolute Gasteiger partial charge is 0.267 e. The predicted octanol–water partition coefficient (Wildman–Crippen LogP) is 3.47. The van der Waals surface area contributed by atoms with E-state index in [1.807, 2.05) is 31.2 Å². The molecule has 0 aliphatic rings. The molecule has 0 spiro atoms. The molecule has 120 valence electrons. The van der Waals surface area contributed by atoms with Gasteiger partial charge in [0.1, 0.15) is 15.9 Å². The van der Waals surface area contributed by atoms with E-state index in [1.54, 1.807) is 18.2 Å². The maximum absolute atomic E-state index is 13.1. The lowest BCUT2D eigenvalue weighted by Gasteiger charge is -2.23. The Hall–Kier alpha value is -1.99. The van der Waals surface area contributed by atoms with Crippen molar-refractivity contribution in [3.05, 3.63) is 48.0 Å². The Kier molecular flexibility index (Phi) is 4.32. The number of rotatable bonds is 5. The number of fused-ring (bicyclic) bond motifs is 1. The molecule has 3 aromatic rings. The van der Waals surface area contributed by atoms with E-state index in [4.69, 9.17) is 0 Å². The van der Waals surface area contributed by atoms with E-state index in [9.17, 15) is 8.42 Å². The molecular formula is C16H17N3O2S2. The Morgan fingerprint density at radius 1 is 1.04 bits per heavy atom. The molecule has 23 heavy (non-hydrogen) atoms. The molecule has 0 saturated heterocycles. The zero-order chi connectivity index (χ0) is 16.4. The molecule has 1 heterocycles. The van der Waals surface area contributed by atoms with Gasteiger partial charge in [-0.15, -0.1) is 0 Å². The van der Waals surface area contributed by atoms with Gasteiger partial charge in [-0.3, -0.25) is 4.31 Å². The van der Waals surface area contributed by atoms with Crippen LogP contribution in [0.15, 0.2) is 47.4 Å². The molecule has 0 atom stereocenters. The Labute approximate surface area is 140 Å². The quantitative estimate of drug-likeness (QED) is 0.709. The molecule has 0 fully saturated rings. The second kappa shape index (κ2) is 6.25. The van der Waals surface area contributed by atoms with Gasteiger partial charge in [-0.25, -0.2) is 8.42 Å². The third-order valence-corrected chi connectivity index (χ3v) is 6.21. The zero-order valence-corrected chi connectivity index (χ0v) is 14.6. The van der Waals surface area contributed by atoms with Crippen molar-refractivity contribution in [3.63, 3.8) is 0 Å². The zero-order valence-electron chi connectivity index (χ0n) is 12.9. The number of benzene rings is 2. The summed E-state index contributed by atoms with van der Waals surface area (Å²) in [7, 11) is -3.68. The molecule has 0 N–H and O–H groups in total. The minimum absolute atomic E-state index is 0.199. The van der Waals surface area contributed by atoms with Gasteiger partial charge in [-0.2, -0.15) is 8.75 Å². The van der Waals surface area contributed by atoms with Crippen LogP contribution in [0.4, 0.5) is 5.69 Å². The van der Waals surface area contributed by atoms with Crippen LogP contribution in [0.1, 0.15) is 19.4 Å². The first-order chi connectivity index (χ1) is 11.1. The van der Waals surface area contributed by atoms with Crippen molar-refractivity contribution < 1.29 is 8.42 Å². The first kappa shape index (κ1) is 15.9. The van der Waals surface area contributed by atoms with Crippen molar-refractivity contribution in [1.82, 2.24) is 8.75 Å². The average Bonchev–Trinajstić information content (AvgIpc) is 3.04. The summed E-state index contributed by atoms with van der Waals surface area (Å²) in [5, 5.41) is 0. The van der Waals surface area contributed by atoms with Gasteiger partial charge in [0.15, 0.2) is 0 Å². The number of aromatic nitrogens is 2. The standard InChI is InChI=1S/C16H17N3O2S2/c1-3-12-8-10-13(11-9-12)19(4-2)23(20,21)15-7-5-6-14-16(15)18-22-17-14/h5-11H,3-4H2,1-2H3. The smallest absolute Gasteiger partial charge is 0.266 e. The number of aryl methyl sites for hydroxylation is 1. The predicted molar refractivity (Wildman–Crippen MR) is 93.4 cm³/mol. The van der Waals surface area contributed by atoms with Gasteiger partial charge in [0.25, 0.3) is 10.0 Å². The van der Waals surface area contributed by atoms with Gasteiger partial charge in [0.05, 0.1) is 17.4 Å². The summed E-state index contributed by atoms with van der Waals surface area (Å²) >= 11 is 1.02. The summed E-state index contributed by atoms with van der Waals surface area (Å²) in [6.07, 6.45) is 0.920. The Balaban J connectivity index is 2.10. The van der Waals surface area contributed by atoms with E-state index in [1.165, 1.54) is 9.87 Å². The molecule has 3 rings (SSSR count). The fourth-order valence-corrected chi connectivity index (χ4v) is 4.73. The second-order valence-corrected chi connectivity index (χ2v) is 7.44. The molecule has 0 radical (unpaired) electrons. The first-order valence-electron chi connectivity index (χ1n) is 7.41. The minimum Gasteiger partial charge on any atom is -0.267 e. The monoisotopic (exact) mass is 347 g/mol. The molecule has 0 saturated carbocycles. The highest BCUT2D eigenvalue weighted by atomic mass is 32.2. The van der Waals surface area contributed by atoms with Crippen LogP contribution in [-0.2, 0) is 16.4 Å². The summed E-state index contributed by atoms with van der Waals surface area (Å²) in [5.74, 6) is 0. The van der Waals surface area contributed by atoms with Crippen LogP contribution < -0.4 is 4.31 Å². The first-order valence-corrected chi connectivity index (χ1v) is 9.58. The van der Waals surface area contributed by atoms with Crippen LogP contribution >= 0.6 is 11.7 Å². The van der Waals surface area contributed by atoms with Gasteiger partial charge in [0, 0.05) is 6.54 Å². The van der Waals surface area contributed by atoms with Crippen LogP contribution in [0, 0.1) is 0 Å². The SMILES string of the molecule is CCc1ccc(N(CC)S(=O)(=O)c2cccc3nsnc23)cc1. The van der Waals surface area contributed by atoms with Crippen LogP contribution in [0.3, 0.4) is 0 Å². The summed E-state index contributed by atoms with van der Waals surface area (Å²) in [5.41, 5.74) is 2.87. The number of hydrogen-bond donors (Lipinski definition) is 0. The van der Waals surface area contributed by atoms with Crippen molar-refractivity contribution in [2.75, 3.05) is 10.8 Å². The van der Waals surface area contributed by atoms with Crippen LogP contribution in [-0.4, -0.2) is 23.7 Å². The van der Waals surface area contributed by atoms with Gasteiger partial charge < -0.3 is 0 Å². The van der Waals surface area contributed by atoms with E-state index < -0.39 is 10.0 Å². The van der Waals surface area contributed by atoms with E-state index in [2.05, 4.69) is 15.7 Å². The lowest BCUT2D eigenvalue weighted by atomic mass is 10.1. The molecule has 0 aliphatic heterocycles. The van der Waals surface area contributed by atoms with Crippen LogP contribution in [0.2, 0.25) is 0 Å². The van der Waals surface area contributed by atoms with Gasteiger partial charge >= 0.3 is 0 Å². The van der Waals surface area contributed by atoms with Gasteiger partial charge in [-0.1, -0.05) is 25.1 Å². The van der Waals surface area contributed by atoms with E-state index in [0.717, 1.165) is 18.1 Å². The minimum atomic E-state index is -3.68. The molecule has 1 aromatic heterocycles. The maximum atomic E-state index is 13.1. The molecule has 7 heteroatoms. The molecular weight excluding hydrogens is 330 g/mol. The topological polar surface area (TPSA) is 63.2 Å². The Bertz CT molecular complexity index is 918. The van der Waals surface area contributed by atoms with Crippen molar-refractivity contribution >= 4 is 38.5 Å². The van der Waals surface area contributed by atoms with Crippen LogP contribution in [0.5, 0.6) is 0 Å². The van der Waals surface area contributed by atoms with Gasteiger partial charge in [-0.05, 0) is 43.2 Å². The molecule has 0 aliphatic carbocycles. The third-order valence-electron chi connectivity index (χ3n) is 3.74. The van der Waals surface area contributed by atoms with E-state index in [-0.39, 0.29) is 4.90 Å². The summed E-state index contributed by atoms with van der Waals surface area (Å²) in [6, 6.07) is 12.7. The Morgan fingerprint density at radius 2 is 1.78 bits per heavy atom. The fourth-order valence-electron chi connectivity index (χ4n) is 2.50.